The van der Waals surface area contributed by atoms with Gasteiger partial charge in [-0.05, 0) is 31.2 Å². The lowest BCUT2D eigenvalue weighted by Crippen LogP contribution is -2.53. The largest absolute Gasteiger partial charge is 0.367 e. The summed E-state index contributed by atoms with van der Waals surface area (Å²) in [7, 11) is 0. The SMILES string of the molecule is CC(C(=O)Nc1ccc(Cl)cn1)N1CCN(c2ccccc2F)CC1. The topological polar surface area (TPSA) is 48.5 Å². The normalized spacial score (nSPS) is 16.5. The molecule has 1 N–H and O–H groups in total. The van der Waals surface area contributed by atoms with Crippen molar-refractivity contribution in [2.45, 2.75) is 13.0 Å². The Kier molecular flexibility index (Phi) is 5.50. The summed E-state index contributed by atoms with van der Waals surface area (Å²) in [6.07, 6.45) is 1.50. The standard InChI is InChI=1S/C18H20ClFN4O/c1-13(18(25)22-17-7-6-14(19)12-21-17)23-8-10-24(11-9-23)16-5-3-2-4-15(16)20/h2-7,12-13H,8-11H2,1H3,(H,21,22,25). The van der Waals surface area contributed by atoms with Crippen molar-refractivity contribution < 1.29 is 9.18 Å². The van der Waals surface area contributed by atoms with Crippen molar-refractivity contribution in [3.63, 3.8) is 0 Å². The highest BCUT2D eigenvalue weighted by Crippen LogP contribution is 2.21. The van der Waals surface area contributed by atoms with Crippen molar-refractivity contribution in [3.05, 3.63) is 53.4 Å². The van der Waals surface area contributed by atoms with Crippen LogP contribution < -0.4 is 10.2 Å². The van der Waals surface area contributed by atoms with E-state index in [1.807, 2.05) is 17.9 Å². The van der Waals surface area contributed by atoms with Gasteiger partial charge in [0.1, 0.15) is 11.6 Å². The predicted octanol–water partition coefficient (Wildman–Crippen LogP) is 3.02. The van der Waals surface area contributed by atoms with Crippen LogP contribution >= 0.6 is 11.6 Å². The number of rotatable bonds is 4. The number of hydrogen-bond donors (Lipinski definition) is 1. The van der Waals surface area contributed by atoms with Gasteiger partial charge in [0, 0.05) is 32.4 Å². The van der Waals surface area contributed by atoms with E-state index in [1.165, 1.54) is 12.3 Å². The van der Waals surface area contributed by atoms with E-state index in [-0.39, 0.29) is 17.8 Å². The molecular weight excluding hydrogens is 343 g/mol. The number of carbonyl (C=O) groups excluding carboxylic acids is 1. The van der Waals surface area contributed by atoms with Crippen LogP contribution in [0, 0.1) is 5.82 Å². The second-order valence-corrected chi connectivity index (χ2v) is 6.44. The summed E-state index contributed by atoms with van der Waals surface area (Å²) in [4.78, 5) is 20.6. The Morgan fingerprint density at radius 2 is 1.92 bits per heavy atom. The number of nitrogens with one attached hydrogen (secondary N) is 1. The molecule has 1 unspecified atom stereocenters. The van der Waals surface area contributed by atoms with Crippen molar-refractivity contribution in [2.24, 2.45) is 0 Å². The van der Waals surface area contributed by atoms with Crippen LogP contribution in [-0.2, 0) is 4.79 Å². The van der Waals surface area contributed by atoms with E-state index in [1.54, 1.807) is 24.3 Å². The van der Waals surface area contributed by atoms with Gasteiger partial charge in [-0.3, -0.25) is 9.69 Å². The van der Waals surface area contributed by atoms with Crippen molar-refractivity contribution >= 4 is 29.0 Å². The first-order valence-corrected chi connectivity index (χ1v) is 8.58. The van der Waals surface area contributed by atoms with Crippen LogP contribution in [0.5, 0.6) is 0 Å². The monoisotopic (exact) mass is 362 g/mol. The molecule has 1 aromatic heterocycles. The summed E-state index contributed by atoms with van der Waals surface area (Å²) in [5.74, 6) is 0.149. The number of amides is 1. The van der Waals surface area contributed by atoms with Crippen molar-refractivity contribution in [3.8, 4) is 0 Å². The highest BCUT2D eigenvalue weighted by atomic mass is 35.5. The minimum absolute atomic E-state index is 0.117. The number of hydrogen-bond acceptors (Lipinski definition) is 4. The van der Waals surface area contributed by atoms with E-state index in [2.05, 4.69) is 15.2 Å². The van der Waals surface area contributed by atoms with Crippen LogP contribution in [0.1, 0.15) is 6.92 Å². The lowest BCUT2D eigenvalue weighted by Gasteiger charge is -2.38. The first-order chi connectivity index (χ1) is 12.0. The molecule has 1 amide bonds. The maximum Gasteiger partial charge on any atom is 0.242 e. The van der Waals surface area contributed by atoms with Crippen LogP contribution in [0.2, 0.25) is 5.02 Å². The highest BCUT2D eigenvalue weighted by Gasteiger charge is 2.26. The first kappa shape index (κ1) is 17.6. The van der Waals surface area contributed by atoms with Gasteiger partial charge in [-0.2, -0.15) is 0 Å². The Labute approximate surface area is 151 Å². The molecule has 0 radical (unpaired) electrons. The van der Waals surface area contributed by atoms with Gasteiger partial charge < -0.3 is 10.2 Å². The molecule has 0 spiro atoms. The molecule has 7 heteroatoms. The average molecular weight is 363 g/mol. The molecule has 25 heavy (non-hydrogen) atoms. The molecule has 0 saturated carbocycles. The molecule has 1 aliphatic rings. The van der Waals surface area contributed by atoms with Gasteiger partial charge in [0.15, 0.2) is 0 Å². The summed E-state index contributed by atoms with van der Waals surface area (Å²) in [6, 6.07) is 9.84. The van der Waals surface area contributed by atoms with Gasteiger partial charge in [-0.15, -0.1) is 0 Å². The number of aromatic nitrogens is 1. The molecule has 3 rings (SSSR count). The fraction of sp³-hybridized carbons (Fsp3) is 0.333. The van der Waals surface area contributed by atoms with E-state index in [9.17, 15) is 9.18 Å². The quantitative estimate of drug-likeness (QED) is 0.908. The number of halogens is 2. The molecular formula is C18H20ClFN4O. The van der Waals surface area contributed by atoms with Crippen molar-refractivity contribution in [2.75, 3.05) is 36.4 Å². The highest BCUT2D eigenvalue weighted by molar-refractivity contribution is 6.30. The molecule has 1 fully saturated rings. The van der Waals surface area contributed by atoms with Gasteiger partial charge in [-0.1, -0.05) is 23.7 Å². The number of pyridine rings is 1. The lowest BCUT2D eigenvalue weighted by atomic mass is 10.2. The summed E-state index contributed by atoms with van der Waals surface area (Å²) < 4.78 is 13.9. The first-order valence-electron chi connectivity index (χ1n) is 8.20. The van der Waals surface area contributed by atoms with Gasteiger partial charge in [0.2, 0.25) is 5.91 Å². The smallest absolute Gasteiger partial charge is 0.242 e. The van der Waals surface area contributed by atoms with Crippen LogP contribution in [0.15, 0.2) is 42.6 Å². The van der Waals surface area contributed by atoms with Crippen LogP contribution in [0.3, 0.4) is 0 Å². The Morgan fingerprint density at radius 3 is 2.56 bits per heavy atom. The van der Waals surface area contributed by atoms with E-state index in [4.69, 9.17) is 11.6 Å². The third-order valence-electron chi connectivity index (χ3n) is 4.41. The minimum Gasteiger partial charge on any atom is -0.367 e. The summed E-state index contributed by atoms with van der Waals surface area (Å²) in [5.41, 5.74) is 0.615. The van der Waals surface area contributed by atoms with Crippen LogP contribution in [-0.4, -0.2) is 48.0 Å². The fourth-order valence-corrected chi connectivity index (χ4v) is 3.02. The lowest BCUT2D eigenvalue weighted by molar-refractivity contribution is -0.120. The predicted molar refractivity (Wildman–Crippen MR) is 97.5 cm³/mol. The number of benzene rings is 1. The number of piperazine rings is 1. The van der Waals surface area contributed by atoms with Gasteiger partial charge in [-0.25, -0.2) is 9.37 Å². The fourth-order valence-electron chi connectivity index (χ4n) is 2.90. The Bertz CT molecular complexity index is 732. The third kappa shape index (κ3) is 4.27. The second-order valence-electron chi connectivity index (χ2n) is 6.00. The van der Waals surface area contributed by atoms with Gasteiger partial charge in [0.05, 0.1) is 16.8 Å². The van der Waals surface area contributed by atoms with E-state index < -0.39 is 0 Å². The maximum absolute atomic E-state index is 13.9. The summed E-state index contributed by atoms with van der Waals surface area (Å²) in [5, 5.41) is 3.32. The zero-order valence-corrected chi connectivity index (χ0v) is 14.7. The second kappa shape index (κ2) is 7.80. The third-order valence-corrected chi connectivity index (χ3v) is 4.64. The van der Waals surface area contributed by atoms with Crippen LogP contribution in [0.25, 0.3) is 0 Å². The van der Waals surface area contributed by atoms with Gasteiger partial charge in [0.25, 0.3) is 0 Å². The molecule has 5 nitrogen and oxygen atoms in total. The molecule has 0 aliphatic carbocycles. The molecule has 132 valence electrons. The van der Waals surface area contributed by atoms with Gasteiger partial charge >= 0.3 is 0 Å². The average Bonchev–Trinajstić information content (AvgIpc) is 2.63. The Balaban J connectivity index is 1.56. The summed E-state index contributed by atoms with van der Waals surface area (Å²) >= 11 is 5.79. The van der Waals surface area contributed by atoms with Crippen LogP contribution in [0.4, 0.5) is 15.9 Å². The zero-order valence-electron chi connectivity index (χ0n) is 14.0. The van der Waals surface area contributed by atoms with E-state index >= 15 is 0 Å². The maximum atomic E-state index is 13.9. The molecule has 1 aromatic carbocycles. The molecule has 1 aliphatic heterocycles. The minimum atomic E-state index is -0.291. The molecule has 1 atom stereocenters. The Morgan fingerprint density at radius 1 is 1.20 bits per heavy atom. The van der Waals surface area contributed by atoms with E-state index in [0.717, 1.165) is 0 Å². The summed E-state index contributed by atoms with van der Waals surface area (Å²) in [6.45, 7) is 4.60. The number of carbonyl (C=O) groups is 1. The number of nitrogens with zero attached hydrogens (tertiary/aromatic N) is 3. The van der Waals surface area contributed by atoms with Crippen molar-refractivity contribution in [1.82, 2.24) is 9.88 Å². The number of para-hydroxylation sites is 1. The Hall–Kier alpha value is -2.18. The van der Waals surface area contributed by atoms with E-state index in [0.29, 0.717) is 42.7 Å². The van der Waals surface area contributed by atoms with Crippen molar-refractivity contribution in [1.29, 1.82) is 0 Å². The number of anilines is 2. The molecule has 0 bridgehead atoms. The molecule has 1 saturated heterocycles. The molecule has 2 aromatic rings. The molecule has 2 heterocycles. The zero-order chi connectivity index (χ0) is 17.8.